The number of anilines is 3. The molecule has 174 valence electrons. The number of hydrogen-bond donors (Lipinski definition) is 1. The zero-order valence-corrected chi connectivity index (χ0v) is 19.4. The molecule has 1 saturated heterocycles. The van der Waals surface area contributed by atoms with E-state index < -0.39 is 0 Å². The van der Waals surface area contributed by atoms with Crippen LogP contribution in [0.3, 0.4) is 0 Å². The highest BCUT2D eigenvalue weighted by atomic mass is 16.5. The monoisotopic (exact) mass is 450 g/mol. The summed E-state index contributed by atoms with van der Waals surface area (Å²) in [5, 5.41) is 3.32. The molecular formula is C24H30N6O3. The van der Waals surface area contributed by atoms with E-state index in [9.17, 15) is 0 Å². The Balaban J connectivity index is 1.44. The molecule has 0 spiro atoms. The van der Waals surface area contributed by atoms with Crippen LogP contribution in [0.2, 0.25) is 0 Å². The summed E-state index contributed by atoms with van der Waals surface area (Å²) in [5.41, 5.74) is 3.34. The van der Waals surface area contributed by atoms with Crippen molar-refractivity contribution in [3.63, 3.8) is 0 Å². The van der Waals surface area contributed by atoms with Gasteiger partial charge in [-0.25, -0.2) is 9.97 Å². The summed E-state index contributed by atoms with van der Waals surface area (Å²) in [4.78, 5) is 16.7. The van der Waals surface area contributed by atoms with Gasteiger partial charge in [0.1, 0.15) is 12.1 Å². The fraction of sp³-hybridized carbons (Fsp3) is 0.458. The molecule has 9 nitrogen and oxygen atoms in total. The summed E-state index contributed by atoms with van der Waals surface area (Å²) in [6.07, 6.45) is 10.6. The fourth-order valence-corrected chi connectivity index (χ4v) is 4.68. The number of aryl methyl sites for hydroxylation is 1. The SMILES string of the molecule is COc1cc(-n2cnc(Nc3nc4c(c(N5CCCC5)n3)CCCC4)c2)cc(OC)c1OC. The number of benzene rings is 1. The molecular weight excluding hydrogens is 420 g/mol. The first-order valence-corrected chi connectivity index (χ1v) is 11.5. The molecule has 3 heterocycles. The second kappa shape index (κ2) is 9.17. The van der Waals surface area contributed by atoms with Gasteiger partial charge in [0.2, 0.25) is 11.7 Å². The van der Waals surface area contributed by atoms with E-state index in [1.807, 2.05) is 22.9 Å². The Morgan fingerprint density at radius 2 is 1.61 bits per heavy atom. The first-order chi connectivity index (χ1) is 16.2. The van der Waals surface area contributed by atoms with E-state index in [0.29, 0.717) is 29.0 Å². The Kier molecular flexibility index (Phi) is 5.93. The lowest BCUT2D eigenvalue weighted by molar-refractivity contribution is 0.324. The third-order valence-electron chi connectivity index (χ3n) is 6.34. The van der Waals surface area contributed by atoms with Gasteiger partial charge in [-0.15, -0.1) is 0 Å². The number of nitrogens with one attached hydrogen (secondary N) is 1. The van der Waals surface area contributed by atoms with Gasteiger partial charge >= 0.3 is 0 Å². The summed E-state index contributed by atoms with van der Waals surface area (Å²) in [6, 6.07) is 3.77. The van der Waals surface area contributed by atoms with Gasteiger partial charge < -0.3 is 29.0 Å². The van der Waals surface area contributed by atoms with Crippen LogP contribution in [0.1, 0.15) is 36.9 Å². The molecule has 0 unspecified atom stereocenters. The van der Waals surface area contributed by atoms with Crippen molar-refractivity contribution in [1.29, 1.82) is 0 Å². The number of rotatable bonds is 7. The highest BCUT2D eigenvalue weighted by Gasteiger charge is 2.24. The minimum atomic E-state index is 0.555. The molecule has 0 radical (unpaired) electrons. The van der Waals surface area contributed by atoms with Gasteiger partial charge in [-0.2, -0.15) is 4.98 Å². The van der Waals surface area contributed by atoms with Crippen molar-refractivity contribution in [2.75, 3.05) is 44.6 Å². The zero-order valence-electron chi connectivity index (χ0n) is 19.4. The van der Waals surface area contributed by atoms with E-state index in [1.54, 1.807) is 27.7 Å². The molecule has 2 aliphatic rings. The predicted molar refractivity (Wildman–Crippen MR) is 127 cm³/mol. The summed E-state index contributed by atoms with van der Waals surface area (Å²) < 4.78 is 18.3. The van der Waals surface area contributed by atoms with E-state index in [1.165, 1.54) is 36.9 Å². The maximum absolute atomic E-state index is 5.48. The maximum atomic E-state index is 5.48. The lowest BCUT2D eigenvalue weighted by atomic mass is 9.96. The fourth-order valence-electron chi connectivity index (χ4n) is 4.68. The van der Waals surface area contributed by atoms with Crippen LogP contribution in [0.4, 0.5) is 17.6 Å². The molecule has 0 amide bonds. The van der Waals surface area contributed by atoms with Crippen LogP contribution in [0.5, 0.6) is 17.2 Å². The second-order valence-corrected chi connectivity index (χ2v) is 8.37. The Morgan fingerprint density at radius 3 is 2.30 bits per heavy atom. The zero-order chi connectivity index (χ0) is 22.8. The molecule has 33 heavy (non-hydrogen) atoms. The van der Waals surface area contributed by atoms with Crippen molar-refractivity contribution in [2.24, 2.45) is 0 Å². The van der Waals surface area contributed by atoms with Gasteiger partial charge in [0.25, 0.3) is 0 Å². The summed E-state index contributed by atoms with van der Waals surface area (Å²) in [6.45, 7) is 2.14. The largest absolute Gasteiger partial charge is 0.493 e. The van der Waals surface area contributed by atoms with Gasteiger partial charge in [-0.3, -0.25) is 0 Å². The summed E-state index contributed by atoms with van der Waals surface area (Å²) in [7, 11) is 4.80. The third-order valence-corrected chi connectivity index (χ3v) is 6.34. The highest BCUT2D eigenvalue weighted by molar-refractivity contribution is 5.60. The Morgan fingerprint density at radius 1 is 0.879 bits per heavy atom. The molecule has 0 saturated carbocycles. The first-order valence-electron chi connectivity index (χ1n) is 11.5. The number of fused-ring (bicyclic) bond motifs is 1. The standard InChI is InChI=1S/C24H30N6O3/c1-31-19-12-16(13-20(32-2)22(19)33-3)30-14-21(25-15-30)27-24-26-18-9-5-4-8-17(18)23(28-24)29-10-6-7-11-29/h12-15H,4-11H2,1-3H3,(H,26,27,28). The Bertz CT molecular complexity index is 1110. The number of hydrogen-bond acceptors (Lipinski definition) is 8. The number of methoxy groups -OCH3 is 3. The van der Waals surface area contributed by atoms with Crippen LogP contribution >= 0.6 is 0 Å². The molecule has 0 bridgehead atoms. The molecule has 9 heteroatoms. The average Bonchev–Trinajstić information content (AvgIpc) is 3.55. The lowest BCUT2D eigenvalue weighted by Gasteiger charge is -2.25. The van der Waals surface area contributed by atoms with Gasteiger partial charge in [-0.1, -0.05) is 0 Å². The minimum Gasteiger partial charge on any atom is -0.493 e. The van der Waals surface area contributed by atoms with Crippen molar-refractivity contribution >= 4 is 17.6 Å². The van der Waals surface area contributed by atoms with Crippen molar-refractivity contribution in [3.8, 4) is 22.9 Å². The molecule has 0 atom stereocenters. The number of nitrogens with zero attached hydrogens (tertiary/aromatic N) is 5. The van der Waals surface area contributed by atoms with Crippen LogP contribution in [0.15, 0.2) is 24.7 Å². The maximum Gasteiger partial charge on any atom is 0.230 e. The summed E-state index contributed by atoms with van der Waals surface area (Å²) in [5.74, 6) is 4.11. The van der Waals surface area contributed by atoms with E-state index in [-0.39, 0.29) is 0 Å². The molecule has 3 aromatic rings. The van der Waals surface area contributed by atoms with Crippen LogP contribution in [-0.4, -0.2) is 53.9 Å². The van der Waals surface area contributed by atoms with E-state index in [4.69, 9.17) is 24.2 Å². The third kappa shape index (κ3) is 4.15. The number of imidazole rings is 1. The molecule has 1 aliphatic heterocycles. The van der Waals surface area contributed by atoms with E-state index >= 15 is 0 Å². The lowest BCUT2D eigenvalue weighted by Crippen LogP contribution is -2.24. The van der Waals surface area contributed by atoms with Crippen molar-refractivity contribution in [3.05, 3.63) is 35.9 Å². The van der Waals surface area contributed by atoms with Gasteiger partial charge in [0.15, 0.2) is 17.3 Å². The minimum absolute atomic E-state index is 0.555. The first kappa shape index (κ1) is 21.4. The van der Waals surface area contributed by atoms with E-state index in [0.717, 1.165) is 37.4 Å². The van der Waals surface area contributed by atoms with E-state index in [2.05, 4.69) is 15.2 Å². The van der Waals surface area contributed by atoms with Crippen LogP contribution in [0, 0.1) is 0 Å². The van der Waals surface area contributed by atoms with Crippen molar-refractivity contribution < 1.29 is 14.2 Å². The summed E-state index contributed by atoms with van der Waals surface area (Å²) >= 11 is 0. The number of aromatic nitrogens is 4. The molecule has 1 aromatic carbocycles. The molecule has 5 rings (SSSR count). The van der Waals surface area contributed by atoms with Gasteiger partial charge in [0.05, 0.1) is 38.9 Å². The number of ether oxygens (including phenoxy) is 3. The topological polar surface area (TPSA) is 86.6 Å². The van der Waals surface area contributed by atoms with Crippen LogP contribution in [-0.2, 0) is 12.8 Å². The van der Waals surface area contributed by atoms with Crippen LogP contribution in [0.25, 0.3) is 5.69 Å². The van der Waals surface area contributed by atoms with Crippen molar-refractivity contribution in [2.45, 2.75) is 38.5 Å². The highest BCUT2D eigenvalue weighted by Crippen LogP contribution is 2.39. The van der Waals surface area contributed by atoms with Crippen molar-refractivity contribution in [1.82, 2.24) is 19.5 Å². The Labute approximate surface area is 193 Å². The Hall–Kier alpha value is -3.49. The molecule has 1 aliphatic carbocycles. The molecule has 1 N–H and O–H groups in total. The normalized spacial score (nSPS) is 15.3. The van der Waals surface area contributed by atoms with Gasteiger partial charge in [-0.05, 0) is 38.5 Å². The quantitative estimate of drug-likeness (QED) is 0.580. The van der Waals surface area contributed by atoms with Gasteiger partial charge in [0, 0.05) is 30.8 Å². The second-order valence-electron chi connectivity index (χ2n) is 8.37. The predicted octanol–water partition coefficient (Wildman–Crippen LogP) is 3.91. The smallest absolute Gasteiger partial charge is 0.230 e. The molecule has 2 aromatic heterocycles. The van der Waals surface area contributed by atoms with Crippen LogP contribution < -0.4 is 24.4 Å². The molecule has 1 fully saturated rings. The average molecular weight is 451 g/mol.